The molecule has 1 saturated carbocycles. The highest BCUT2D eigenvalue weighted by Gasteiger charge is 2.53. The van der Waals surface area contributed by atoms with Crippen LogP contribution in [0.3, 0.4) is 0 Å². The summed E-state index contributed by atoms with van der Waals surface area (Å²) in [6.45, 7) is 4.43. The zero-order valence-corrected chi connectivity index (χ0v) is 13.6. The molecule has 2 heteroatoms. The van der Waals surface area contributed by atoms with Crippen LogP contribution in [-0.4, -0.2) is 29.1 Å². The molecule has 3 atom stereocenters. The van der Waals surface area contributed by atoms with Crippen molar-refractivity contribution in [3.63, 3.8) is 0 Å². The molecule has 1 saturated heterocycles. The third-order valence-electron chi connectivity index (χ3n) is 6.51. The fraction of sp³-hybridized carbons (Fsp3) is 0.600. The Morgan fingerprint density at radius 2 is 2.23 bits per heavy atom. The van der Waals surface area contributed by atoms with E-state index in [0.29, 0.717) is 17.2 Å². The summed E-state index contributed by atoms with van der Waals surface area (Å²) < 4.78 is 0. The zero-order chi connectivity index (χ0) is 15.2. The largest absolute Gasteiger partial charge is 0.508 e. The van der Waals surface area contributed by atoms with Gasteiger partial charge in [-0.15, -0.1) is 0 Å². The Kier molecular flexibility index (Phi) is 3.53. The van der Waals surface area contributed by atoms with Crippen LogP contribution in [0.1, 0.15) is 50.2 Å². The van der Waals surface area contributed by atoms with E-state index in [0.717, 1.165) is 12.5 Å². The van der Waals surface area contributed by atoms with Crippen molar-refractivity contribution in [3.8, 4) is 5.75 Å². The van der Waals surface area contributed by atoms with Gasteiger partial charge in [0.2, 0.25) is 0 Å². The van der Waals surface area contributed by atoms with Crippen molar-refractivity contribution in [2.24, 2.45) is 5.92 Å². The average molecular weight is 297 g/mol. The SMILES string of the molecule is C/C=C/CN1CC[C@@]23CCCC[C@H]2[C@H]1Cc1ccc(O)cc13. The van der Waals surface area contributed by atoms with E-state index >= 15 is 0 Å². The highest BCUT2D eigenvalue weighted by atomic mass is 16.3. The summed E-state index contributed by atoms with van der Waals surface area (Å²) in [5.41, 5.74) is 3.33. The molecule has 118 valence electrons. The van der Waals surface area contributed by atoms with Crippen molar-refractivity contribution in [1.82, 2.24) is 4.90 Å². The first-order valence-corrected chi connectivity index (χ1v) is 8.92. The van der Waals surface area contributed by atoms with Crippen molar-refractivity contribution < 1.29 is 5.11 Å². The molecule has 4 rings (SSSR count). The maximum Gasteiger partial charge on any atom is 0.115 e. The van der Waals surface area contributed by atoms with Gasteiger partial charge in [0.15, 0.2) is 0 Å². The molecule has 0 spiro atoms. The number of phenolic OH excluding ortho intramolecular Hbond substituents is 1. The van der Waals surface area contributed by atoms with E-state index in [2.05, 4.69) is 36.1 Å². The molecule has 1 heterocycles. The Bertz CT molecular complexity index is 593. The first-order chi connectivity index (χ1) is 10.7. The Morgan fingerprint density at radius 1 is 1.32 bits per heavy atom. The number of rotatable bonds is 2. The molecule has 22 heavy (non-hydrogen) atoms. The Morgan fingerprint density at radius 3 is 3.09 bits per heavy atom. The van der Waals surface area contributed by atoms with Crippen LogP contribution in [0.5, 0.6) is 5.75 Å². The predicted octanol–water partition coefficient (Wildman–Crippen LogP) is 4.03. The minimum absolute atomic E-state index is 0.349. The molecule has 0 amide bonds. The van der Waals surface area contributed by atoms with E-state index < -0.39 is 0 Å². The minimum Gasteiger partial charge on any atom is -0.508 e. The smallest absolute Gasteiger partial charge is 0.115 e. The van der Waals surface area contributed by atoms with E-state index in [9.17, 15) is 5.11 Å². The van der Waals surface area contributed by atoms with Gasteiger partial charge in [-0.25, -0.2) is 0 Å². The molecule has 0 unspecified atom stereocenters. The lowest BCUT2D eigenvalue weighted by molar-refractivity contribution is -0.00522. The number of hydrogen-bond donors (Lipinski definition) is 1. The molecule has 2 bridgehead atoms. The Balaban J connectivity index is 1.78. The van der Waals surface area contributed by atoms with Crippen LogP contribution < -0.4 is 0 Å². The molecular formula is C20H27NO. The second kappa shape index (κ2) is 5.42. The first kappa shape index (κ1) is 14.3. The molecule has 0 aromatic heterocycles. The third kappa shape index (κ3) is 2.04. The molecular weight excluding hydrogens is 270 g/mol. The van der Waals surface area contributed by atoms with Crippen LogP contribution in [0.2, 0.25) is 0 Å². The van der Waals surface area contributed by atoms with Crippen LogP contribution in [0, 0.1) is 5.92 Å². The van der Waals surface area contributed by atoms with Gasteiger partial charge in [-0.2, -0.15) is 0 Å². The minimum atomic E-state index is 0.349. The lowest BCUT2D eigenvalue weighted by Gasteiger charge is -2.59. The highest BCUT2D eigenvalue weighted by molar-refractivity contribution is 5.45. The Hall–Kier alpha value is -1.28. The molecule has 3 aliphatic rings. The normalized spacial score (nSPS) is 34.4. The quantitative estimate of drug-likeness (QED) is 0.833. The third-order valence-corrected chi connectivity index (χ3v) is 6.51. The van der Waals surface area contributed by atoms with Crippen LogP contribution >= 0.6 is 0 Å². The first-order valence-electron chi connectivity index (χ1n) is 8.92. The molecule has 1 aromatic rings. The summed E-state index contributed by atoms with van der Waals surface area (Å²) in [7, 11) is 0. The van der Waals surface area contributed by atoms with Crippen molar-refractivity contribution in [2.45, 2.75) is 56.9 Å². The van der Waals surface area contributed by atoms with Gasteiger partial charge in [0.25, 0.3) is 0 Å². The van der Waals surface area contributed by atoms with Gasteiger partial charge in [-0.05, 0) is 68.3 Å². The number of allylic oxidation sites excluding steroid dienone is 1. The average Bonchev–Trinajstić information content (AvgIpc) is 2.55. The lowest BCUT2D eigenvalue weighted by atomic mass is 9.52. The summed E-state index contributed by atoms with van der Waals surface area (Å²) in [6.07, 6.45) is 12.3. The van der Waals surface area contributed by atoms with Gasteiger partial charge in [0.1, 0.15) is 5.75 Å². The van der Waals surface area contributed by atoms with Crippen molar-refractivity contribution in [1.29, 1.82) is 0 Å². The maximum atomic E-state index is 10.0. The van der Waals surface area contributed by atoms with Crippen LogP contribution in [0.15, 0.2) is 30.4 Å². The fourth-order valence-corrected chi connectivity index (χ4v) is 5.54. The number of benzene rings is 1. The summed E-state index contributed by atoms with van der Waals surface area (Å²) in [4.78, 5) is 2.71. The number of nitrogens with zero attached hydrogens (tertiary/aromatic N) is 1. The summed E-state index contributed by atoms with van der Waals surface area (Å²) in [5.74, 6) is 1.24. The van der Waals surface area contributed by atoms with Crippen molar-refractivity contribution in [2.75, 3.05) is 13.1 Å². The molecule has 1 aromatic carbocycles. The van der Waals surface area contributed by atoms with E-state index in [1.54, 1.807) is 0 Å². The number of hydrogen-bond acceptors (Lipinski definition) is 2. The second-order valence-corrected chi connectivity index (χ2v) is 7.44. The van der Waals surface area contributed by atoms with E-state index in [-0.39, 0.29) is 0 Å². The number of fused-ring (bicyclic) bond motifs is 1. The summed E-state index contributed by atoms with van der Waals surface area (Å²) in [5, 5.41) is 10.0. The van der Waals surface area contributed by atoms with Gasteiger partial charge in [0, 0.05) is 18.0 Å². The van der Waals surface area contributed by atoms with Gasteiger partial charge in [-0.3, -0.25) is 4.90 Å². The lowest BCUT2D eigenvalue weighted by Crippen LogP contribution is -2.60. The zero-order valence-electron chi connectivity index (χ0n) is 13.6. The van der Waals surface area contributed by atoms with Gasteiger partial charge in [-0.1, -0.05) is 31.1 Å². The number of aromatic hydroxyl groups is 1. The van der Waals surface area contributed by atoms with Crippen molar-refractivity contribution >= 4 is 0 Å². The number of likely N-dealkylation sites (tertiary alicyclic amines) is 1. The van der Waals surface area contributed by atoms with Crippen LogP contribution in [-0.2, 0) is 11.8 Å². The molecule has 2 fully saturated rings. The fourth-order valence-electron chi connectivity index (χ4n) is 5.54. The molecule has 1 aliphatic heterocycles. The molecule has 0 radical (unpaired) electrons. The van der Waals surface area contributed by atoms with Crippen LogP contribution in [0.4, 0.5) is 0 Å². The predicted molar refractivity (Wildman–Crippen MR) is 90.2 cm³/mol. The molecule has 2 aliphatic carbocycles. The number of piperidine rings is 1. The second-order valence-electron chi connectivity index (χ2n) is 7.44. The van der Waals surface area contributed by atoms with E-state index in [1.807, 2.05) is 6.07 Å². The number of phenols is 1. The highest BCUT2D eigenvalue weighted by Crippen LogP contribution is 2.56. The van der Waals surface area contributed by atoms with Crippen LogP contribution in [0.25, 0.3) is 0 Å². The Labute approximate surface area is 133 Å². The van der Waals surface area contributed by atoms with Gasteiger partial charge in [0.05, 0.1) is 0 Å². The van der Waals surface area contributed by atoms with Gasteiger partial charge < -0.3 is 5.11 Å². The molecule has 2 nitrogen and oxygen atoms in total. The van der Waals surface area contributed by atoms with E-state index in [4.69, 9.17) is 0 Å². The standard InChI is InChI=1S/C20H27NO/c1-2-3-11-21-12-10-20-9-5-4-6-17(20)19(21)13-15-7-8-16(22)14-18(15)20/h2-3,7-8,14,17,19,22H,4-6,9-13H2,1H3/b3-2+/t17-,19+,20-/m0/s1. The van der Waals surface area contributed by atoms with Crippen molar-refractivity contribution in [3.05, 3.63) is 41.5 Å². The summed E-state index contributed by atoms with van der Waals surface area (Å²) >= 11 is 0. The van der Waals surface area contributed by atoms with E-state index in [1.165, 1.54) is 56.2 Å². The molecule has 1 N–H and O–H groups in total. The monoisotopic (exact) mass is 297 g/mol. The topological polar surface area (TPSA) is 23.5 Å². The maximum absolute atomic E-state index is 10.0. The van der Waals surface area contributed by atoms with Gasteiger partial charge >= 0.3 is 0 Å². The summed E-state index contributed by atoms with van der Waals surface area (Å²) in [6, 6.07) is 6.85.